The van der Waals surface area contributed by atoms with E-state index in [9.17, 15) is 8.42 Å². The number of hydrogen-bond donors (Lipinski definition) is 2. The van der Waals surface area contributed by atoms with E-state index in [4.69, 9.17) is 17.3 Å². The lowest BCUT2D eigenvalue weighted by atomic mass is 10.3. The SMILES string of the molecule is C=CNS(=O)(=O)c1ccc(N)c(Cl)c1. The van der Waals surface area contributed by atoms with Crippen molar-refractivity contribution in [1.82, 2.24) is 4.72 Å². The normalized spacial score (nSPS) is 10.9. The third-order valence-electron chi connectivity index (χ3n) is 1.52. The monoisotopic (exact) mass is 232 g/mol. The van der Waals surface area contributed by atoms with Crippen molar-refractivity contribution in [2.75, 3.05) is 5.73 Å². The first-order valence-corrected chi connectivity index (χ1v) is 5.52. The van der Waals surface area contributed by atoms with Gasteiger partial charge in [0.05, 0.1) is 15.6 Å². The summed E-state index contributed by atoms with van der Waals surface area (Å²) in [5, 5.41) is 0.205. The fraction of sp³-hybridized carbons (Fsp3) is 0. The summed E-state index contributed by atoms with van der Waals surface area (Å²) in [6.07, 6.45) is 1.08. The van der Waals surface area contributed by atoms with Gasteiger partial charge in [-0.15, -0.1) is 0 Å². The fourth-order valence-corrected chi connectivity index (χ4v) is 1.97. The third kappa shape index (κ3) is 2.18. The molecule has 0 unspecified atom stereocenters. The summed E-state index contributed by atoms with van der Waals surface area (Å²) in [6, 6.07) is 4.08. The van der Waals surface area contributed by atoms with Crippen LogP contribution in [-0.2, 0) is 10.0 Å². The van der Waals surface area contributed by atoms with E-state index in [-0.39, 0.29) is 9.92 Å². The van der Waals surface area contributed by atoms with Crippen LogP contribution in [0.3, 0.4) is 0 Å². The Morgan fingerprint density at radius 2 is 2.14 bits per heavy atom. The predicted molar refractivity (Wildman–Crippen MR) is 56.4 cm³/mol. The summed E-state index contributed by atoms with van der Waals surface area (Å²) in [7, 11) is -3.56. The van der Waals surface area contributed by atoms with Gasteiger partial charge in [0.25, 0.3) is 10.0 Å². The van der Waals surface area contributed by atoms with Crippen LogP contribution in [0.1, 0.15) is 0 Å². The van der Waals surface area contributed by atoms with Crippen molar-refractivity contribution >= 4 is 27.3 Å². The van der Waals surface area contributed by atoms with E-state index in [0.29, 0.717) is 5.69 Å². The molecule has 4 nitrogen and oxygen atoms in total. The van der Waals surface area contributed by atoms with Crippen LogP contribution in [0.2, 0.25) is 5.02 Å². The molecule has 6 heteroatoms. The van der Waals surface area contributed by atoms with Crippen LogP contribution in [0.15, 0.2) is 35.9 Å². The predicted octanol–water partition coefficient (Wildman–Crippen LogP) is 1.34. The van der Waals surface area contributed by atoms with E-state index in [0.717, 1.165) is 6.20 Å². The minimum Gasteiger partial charge on any atom is -0.398 e. The van der Waals surface area contributed by atoms with Crippen molar-refractivity contribution < 1.29 is 8.42 Å². The number of sulfonamides is 1. The van der Waals surface area contributed by atoms with E-state index in [1.807, 2.05) is 0 Å². The van der Waals surface area contributed by atoms with Crippen molar-refractivity contribution in [2.45, 2.75) is 4.90 Å². The van der Waals surface area contributed by atoms with Gasteiger partial charge in [-0.3, -0.25) is 4.72 Å². The molecule has 0 bridgehead atoms. The standard InChI is InChI=1S/C8H9ClN2O2S/c1-2-11-14(12,13)6-3-4-8(10)7(9)5-6/h2-5,11H,1,10H2. The molecule has 1 aromatic carbocycles. The molecule has 0 atom stereocenters. The second-order valence-corrected chi connectivity index (χ2v) is 4.63. The van der Waals surface area contributed by atoms with E-state index in [1.165, 1.54) is 18.2 Å². The molecule has 0 saturated heterocycles. The van der Waals surface area contributed by atoms with Gasteiger partial charge in [0.2, 0.25) is 0 Å². The Balaban J connectivity index is 3.21. The van der Waals surface area contributed by atoms with Crippen molar-refractivity contribution in [1.29, 1.82) is 0 Å². The first kappa shape index (κ1) is 10.9. The van der Waals surface area contributed by atoms with Gasteiger partial charge in [-0.05, 0) is 18.2 Å². The molecule has 0 heterocycles. The van der Waals surface area contributed by atoms with Gasteiger partial charge in [-0.2, -0.15) is 0 Å². The molecular weight excluding hydrogens is 224 g/mol. The molecule has 0 aromatic heterocycles. The van der Waals surface area contributed by atoms with Gasteiger partial charge in [0, 0.05) is 6.20 Å². The number of hydrogen-bond acceptors (Lipinski definition) is 3. The van der Waals surface area contributed by atoms with E-state index in [1.54, 1.807) is 0 Å². The maximum absolute atomic E-state index is 11.4. The maximum Gasteiger partial charge on any atom is 0.261 e. The topological polar surface area (TPSA) is 72.2 Å². The molecule has 1 aromatic rings. The molecule has 0 aliphatic carbocycles. The average Bonchev–Trinajstić information content (AvgIpc) is 2.09. The molecule has 0 radical (unpaired) electrons. The Morgan fingerprint density at radius 3 is 2.64 bits per heavy atom. The Hall–Kier alpha value is -1.20. The van der Waals surface area contributed by atoms with Gasteiger partial charge in [-0.25, -0.2) is 8.42 Å². The van der Waals surface area contributed by atoms with Crippen LogP contribution in [-0.4, -0.2) is 8.42 Å². The van der Waals surface area contributed by atoms with Gasteiger partial charge in [-0.1, -0.05) is 18.2 Å². The van der Waals surface area contributed by atoms with Gasteiger partial charge >= 0.3 is 0 Å². The first-order valence-electron chi connectivity index (χ1n) is 3.65. The summed E-state index contributed by atoms with van der Waals surface area (Å²) in [6.45, 7) is 3.26. The van der Waals surface area contributed by atoms with Crippen LogP contribution in [0.25, 0.3) is 0 Å². The molecule has 0 amide bonds. The summed E-state index contributed by atoms with van der Waals surface area (Å²) < 4.78 is 24.9. The van der Waals surface area contributed by atoms with E-state index in [2.05, 4.69) is 11.3 Å². The van der Waals surface area contributed by atoms with Gasteiger partial charge < -0.3 is 5.73 Å². The Bertz CT molecular complexity index is 456. The average molecular weight is 233 g/mol. The maximum atomic E-state index is 11.4. The number of rotatable bonds is 3. The first-order chi connectivity index (χ1) is 6.47. The second kappa shape index (κ2) is 3.89. The highest BCUT2D eigenvalue weighted by Crippen LogP contribution is 2.22. The number of halogens is 1. The van der Waals surface area contributed by atoms with Crippen LogP contribution >= 0.6 is 11.6 Å². The van der Waals surface area contributed by atoms with E-state index < -0.39 is 10.0 Å². The van der Waals surface area contributed by atoms with E-state index >= 15 is 0 Å². The van der Waals surface area contributed by atoms with Crippen molar-refractivity contribution in [2.24, 2.45) is 0 Å². The largest absolute Gasteiger partial charge is 0.398 e. The molecule has 0 aliphatic rings. The lowest BCUT2D eigenvalue weighted by Crippen LogP contribution is -2.17. The van der Waals surface area contributed by atoms with Crippen molar-refractivity contribution in [3.8, 4) is 0 Å². The molecule has 0 aliphatic heterocycles. The highest BCUT2D eigenvalue weighted by molar-refractivity contribution is 7.89. The lowest BCUT2D eigenvalue weighted by molar-refractivity contribution is 0.590. The number of nitrogens with one attached hydrogen (secondary N) is 1. The molecular formula is C8H9ClN2O2S. The minimum absolute atomic E-state index is 0.0524. The number of nitrogen functional groups attached to an aromatic ring is 1. The molecule has 14 heavy (non-hydrogen) atoms. The smallest absolute Gasteiger partial charge is 0.261 e. The van der Waals surface area contributed by atoms with Crippen LogP contribution < -0.4 is 10.5 Å². The van der Waals surface area contributed by atoms with Crippen molar-refractivity contribution in [3.05, 3.63) is 36.0 Å². The minimum atomic E-state index is -3.56. The number of nitrogens with two attached hydrogens (primary N) is 1. The summed E-state index contributed by atoms with van der Waals surface area (Å²) in [5.74, 6) is 0. The Kier molecular flexibility index (Phi) is 3.03. The molecule has 1 rings (SSSR count). The second-order valence-electron chi connectivity index (χ2n) is 2.51. The molecule has 0 saturated carbocycles. The van der Waals surface area contributed by atoms with Gasteiger partial charge in [0.15, 0.2) is 0 Å². The number of anilines is 1. The van der Waals surface area contributed by atoms with Crippen LogP contribution in [0.4, 0.5) is 5.69 Å². The van der Waals surface area contributed by atoms with Crippen molar-refractivity contribution in [3.63, 3.8) is 0 Å². The quantitative estimate of drug-likeness (QED) is 0.773. The molecule has 76 valence electrons. The summed E-state index contributed by atoms with van der Waals surface area (Å²) >= 11 is 5.68. The zero-order valence-corrected chi connectivity index (χ0v) is 8.77. The highest BCUT2D eigenvalue weighted by atomic mass is 35.5. The lowest BCUT2D eigenvalue weighted by Gasteiger charge is -2.04. The molecule has 3 N–H and O–H groups in total. The molecule has 0 fully saturated rings. The fourth-order valence-electron chi connectivity index (χ4n) is 0.853. The third-order valence-corrected chi connectivity index (χ3v) is 3.20. The summed E-state index contributed by atoms with van der Waals surface area (Å²) in [4.78, 5) is 0.0524. The van der Waals surface area contributed by atoms with Crippen LogP contribution in [0.5, 0.6) is 0 Å². The zero-order valence-electron chi connectivity index (χ0n) is 7.20. The zero-order chi connectivity index (χ0) is 10.8. The Labute approximate surface area is 87.4 Å². The molecule has 0 spiro atoms. The summed E-state index contributed by atoms with van der Waals surface area (Å²) in [5.41, 5.74) is 5.78. The van der Waals surface area contributed by atoms with Gasteiger partial charge in [0.1, 0.15) is 0 Å². The number of benzene rings is 1. The highest BCUT2D eigenvalue weighted by Gasteiger charge is 2.12. The Morgan fingerprint density at radius 1 is 1.50 bits per heavy atom. The van der Waals surface area contributed by atoms with Crippen LogP contribution in [0, 0.1) is 0 Å².